The predicted molar refractivity (Wildman–Crippen MR) is 131 cm³/mol. The Kier molecular flexibility index (Phi) is 6.93. The Morgan fingerprint density at radius 3 is 2.35 bits per heavy atom. The van der Waals surface area contributed by atoms with Crippen LogP contribution in [0.5, 0.6) is 23.0 Å². The fraction of sp³-hybridized carbons (Fsp3) is 0.231. The van der Waals surface area contributed by atoms with Gasteiger partial charge in [0.25, 0.3) is 5.91 Å². The van der Waals surface area contributed by atoms with E-state index in [2.05, 4.69) is 0 Å². The third-order valence-corrected chi connectivity index (χ3v) is 6.06. The number of carbonyl (C=O) groups is 1. The zero-order chi connectivity index (χ0) is 24.2. The molecule has 4 rings (SSSR count). The highest BCUT2D eigenvalue weighted by molar-refractivity contribution is 6.33. The van der Waals surface area contributed by atoms with Crippen molar-refractivity contribution in [3.63, 3.8) is 0 Å². The maximum atomic E-state index is 13.6. The quantitative estimate of drug-likeness (QED) is 0.455. The highest BCUT2D eigenvalue weighted by atomic mass is 35.5. The third-order valence-electron chi connectivity index (χ3n) is 5.73. The molecule has 0 N–H and O–H groups in total. The molecule has 176 valence electrons. The van der Waals surface area contributed by atoms with Crippen LogP contribution in [0.15, 0.2) is 65.8 Å². The van der Waals surface area contributed by atoms with Crippen molar-refractivity contribution in [3.8, 4) is 23.0 Å². The molecule has 8 heteroatoms. The van der Waals surface area contributed by atoms with Gasteiger partial charge in [-0.25, -0.2) is 5.01 Å². The third kappa shape index (κ3) is 4.26. The molecule has 0 aliphatic carbocycles. The Bertz CT molecular complexity index is 1240. The van der Waals surface area contributed by atoms with Crippen LogP contribution < -0.4 is 18.9 Å². The second kappa shape index (κ2) is 10.1. The number of hydrazone groups is 1. The lowest BCUT2D eigenvalue weighted by Gasteiger charge is -2.24. The number of ether oxygens (including phenoxy) is 4. The van der Waals surface area contributed by atoms with Crippen LogP contribution in [0, 0.1) is 0 Å². The molecule has 3 aromatic carbocycles. The lowest BCUT2D eigenvalue weighted by Crippen LogP contribution is -2.27. The second-order valence-electron chi connectivity index (χ2n) is 7.55. The average Bonchev–Trinajstić information content (AvgIpc) is 3.32. The number of rotatable bonds is 7. The summed E-state index contributed by atoms with van der Waals surface area (Å²) in [6, 6.07) is 17.5. The van der Waals surface area contributed by atoms with E-state index in [0.717, 1.165) is 11.1 Å². The minimum absolute atomic E-state index is 0.317. The van der Waals surface area contributed by atoms with Crippen LogP contribution in [0.4, 0.5) is 0 Å². The summed E-state index contributed by atoms with van der Waals surface area (Å²) >= 11 is 6.36. The van der Waals surface area contributed by atoms with E-state index in [1.54, 1.807) is 58.8 Å². The van der Waals surface area contributed by atoms with Gasteiger partial charge in [0, 0.05) is 23.6 Å². The summed E-state index contributed by atoms with van der Waals surface area (Å²) in [5, 5.41) is 6.57. The summed E-state index contributed by atoms with van der Waals surface area (Å²) in [5.74, 6) is 2.06. The van der Waals surface area contributed by atoms with Crippen molar-refractivity contribution in [1.29, 1.82) is 0 Å². The average molecular weight is 481 g/mol. The SMILES string of the molecule is COc1ccc(C2=NN(C(=O)c3ccccc3Cl)[C@H](c3cccc(OC)c3OC)C2)c(OC)c1. The number of para-hydroxylation sites is 1. The zero-order valence-electron chi connectivity index (χ0n) is 19.4. The fourth-order valence-electron chi connectivity index (χ4n) is 4.07. The Morgan fingerprint density at radius 2 is 1.68 bits per heavy atom. The Hall–Kier alpha value is -3.71. The largest absolute Gasteiger partial charge is 0.497 e. The van der Waals surface area contributed by atoms with Gasteiger partial charge in [-0.05, 0) is 30.3 Å². The molecule has 3 aromatic rings. The molecular formula is C26H25ClN2O5. The lowest BCUT2D eigenvalue weighted by molar-refractivity contribution is 0.0709. The van der Waals surface area contributed by atoms with E-state index in [4.69, 9.17) is 35.6 Å². The van der Waals surface area contributed by atoms with Crippen molar-refractivity contribution >= 4 is 23.2 Å². The second-order valence-corrected chi connectivity index (χ2v) is 7.95. The number of nitrogens with zero attached hydrogens (tertiary/aromatic N) is 2. The summed E-state index contributed by atoms with van der Waals surface area (Å²) in [6.07, 6.45) is 0.433. The molecule has 0 fully saturated rings. The maximum Gasteiger partial charge on any atom is 0.276 e. The smallest absolute Gasteiger partial charge is 0.276 e. The van der Waals surface area contributed by atoms with Gasteiger partial charge in [0.05, 0.1) is 50.8 Å². The van der Waals surface area contributed by atoms with E-state index < -0.39 is 6.04 Å². The van der Waals surface area contributed by atoms with Crippen LogP contribution in [0.3, 0.4) is 0 Å². The van der Waals surface area contributed by atoms with Crippen LogP contribution in [-0.2, 0) is 0 Å². The van der Waals surface area contributed by atoms with Gasteiger partial charge in [-0.2, -0.15) is 5.10 Å². The molecule has 0 saturated heterocycles. The van der Waals surface area contributed by atoms with Crippen molar-refractivity contribution < 1.29 is 23.7 Å². The first-order valence-corrected chi connectivity index (χ1v) is 11.0. The predicted octanol–water partition coefficient (Wildman–Crippen LogP) is 5.37. The molecule has 1 aliphatic heterocycles. The Labute approximate surface area is 203 Å². The molecule has 1 atom stereocenters. The van der Waals surface area contributed by atoms with Gasteiger partial charge in [-0.15, -0.1) is 0 Å². The minimum atomic E-state index is -0.448. The molecule has 1 amide bonds. The van der Waals surface area contributed by atoms with Crippen molar-refractivity contribution in [2.45, 2.75) is 12.5 Å². The lowest BCUT2D eigenvalue weighted by atomic mass is 9.96. The number of methoxy groups -OCH3 is 4. The summed E-state index contributed by atoms with van der Waals surface area (Å²) in [6.45, 7) is 0. The van der Waals surface area contributed by atoms with E-state index >= 15 is 0 Å². The number of amides is 1. The highest BCUT2D eigenvalue weighted by Crippen LogP contribution is 2.43. The van der Waals surface area contributed by atoms with Crippen LogP contribution in [0.25, 0.3) is 0 Å². The first-order valence-electron chi connectivity index (χ1n) is 10.6. The van der Waals surface area contributed by atoms with Crippen molar-refractivity contribution in [3.05, 3.63) is 82.4 Å². The number of benzene rings is 3. The number of carbonyl (C=O) groups excluding carboxylic acids is 1. The molecule has 1 aliphatic rings. The van der Waals surface area contributed by atoms with Crippen LogP contribution in [0.2, 0.25) is 5.02 Å². The Balaban J connectivity index is 1.84. The van der Waals surface area contributed by atoms with E-state index in [1.165, 1.54) is 5.01 Å². The van der Waals surface area contributed by atoms with Crippen molar-refractivity contribution in [2.24, 2.45) is 5.10 Å². The maximum absolute atomic E-state index is 13.6. The van der Waals surface area contributed by atoms with Gasteiger partial charge >= 0.3 is 0 Å². The fourth-order valence-corrected chi connectivity index (χ4v) is 4.29. The molecule has 7 nitrogen and oxygen atoms in total. The molecule has 0 saturated carbocycles. The van der Waals surface area contributed by atoms with Crippen LogP contribution in [-0.4, -0.2) is 45.1 Å². The van der Waals surface area contributed by atoms with Crippen LogP contribution >= 0.6 is 11.6 Å². The first-order chi connectivity index (χ1) is 16.5. The summed E-state index contributed by atoms with van der Waals surface area (Å²) in [7, 11) is 6.33. The van der Waals surface area contributed by atoms with E-state index in [9.17, 15) is 4.79 Å². The van der Waals surface area contributed by atoms with Gasteiger partial charge in [0.15, 0.2) is 11.5 Å². The standard InChI is InChI=1S/C26H25ClN2O5/c1-31-16-12-13-18(24(14-16)33-3)21-15-22(19-9-7-11-23(32-2)25(19)34-4)29(28-21)26(30)17-8-5-6-10-20(17)27/h5-14,22H,15H2,1-4H3/t22-/m0/s1. The molecule has 0 bridgehead atoms. The zero-order valence-corrected chi connectivity index (χ0v) is 20.1. The monoisotopic (exact) mass is 480 g/mol. The van der Waals surface area contributed by atoms with E-state index in [-0.39, 0.29) is 5.91 Å². The van der Waals surface area contributed by atoms with Crippen LogP contribution in [0.1, 0.15) is 33.9 Å². The molecule has 0 spiro atoms. The number of hydrogen-bond donors (Lipinski definition) is 0. The van der Waals surface area contributed by atoms with Gasteiger partial charge in [0.1, 0.15) is 11.5 Å². The van der Waals surface area contributed by atoms with E-state index in [1.807, 2.05) is 30.3 Å². The number of hydrogen-bond acceptors (Lipinski definition) is 6. The Morgan fingerprint density at radius 1 is 0.912 bits per heavy atom. The molecule has 1 heterocycles. The molecular weight excluding hydrogens is 456 g/mol. The summed E-state index contributed by atoms with van der Waals surface area (Å²) in [4.78, 5) is 13.6. The van der Waals surface area contributed by atoms with Crippen molar-refractivity contribution in [2.75, 3.05) is 28.4 Å². The normalized spacial score (nSPS) is 15.0. The van der Waals surface area contributed by atoms with Crippen molar-refractivity contribution in [1.82, 2.24) is 5.01 Å². The van der Waals surface area contributed by atoms with Gasteiger partial charge in [-0.3, -0.25) is 4.79 Å². The number of halogens is 1. The molecule has 34 heavy (non-hydrogen) atoms. The minimum Gasteiger partial charge on any atom is -0.497 e. The topological polar surface area (TPSA) is 69.6 Å². The molecule has 0 radical (unpaired) electrons. The van der Waals surface area contributed by atoms with Gasteiger partial charge in [0.2, 0.25) is 0 Å². The highest BCUT2D eigenvalue weighted by Gasteiger charge is 2.37. The van der Waals surface area contributed by atoms with Gasteiger partial charge < -0.3 is 18.9 Å². The molecule has 0 unspecified atom stereocenters. The van der Waals surface area contributed by atoms with E-state index in [0.29, 0.717) is 45.7 Å². The summed E-state index contributed by atoms with van der Waals surface area (Å²) in [5.41, 5.74) is 2.59. The first kappa shape index (κ1) is 23.4. The van der Waals surface area contributed by atoms with Gasteiger partial charge in [-0.1, -0.05) is 35.9 Å². The summed E-state index contributed by atoms with van der Waals surface area (Å²) < 4.78 is 22.1. The molecule has 0 aromatic heterocycles.